The lowest BCUT2D eigenvalue weighted by molar-refractivity contribution is -0.136. The molecule has 0 aliphatic heterocycles. The highest BCUT2D eigenvalue weighted by Crippen LogP contribution is 2.13. The van der Waals surface area contributed by atoms with Gasteiger partial charge in [-0.1, -0.05) is 13.8 Å². The molecule has 0 aromatic carbocycles. The molecule has 0 aliphatic carbocycles. The molecule has 90 valence electrons. The van der Waals surface area contributed by atoms with Crippen LogP contribution in [0.4, 0.5) is 0 Å². The average Bonchev–Trinajstić information content (AvgIpc) is 2.60. The van der Waals surface area contributed by atoms with Gasteiger partial charge in [-0.15, -0.1) is 0 Å². The average molecular weight is 235 g/mol. The fourth-order valence-electron chi connectivity index (χ4n) is 1.60. The Kier molecular flexibility index (Phi) is 2.71. The van der Waals surface area contributed by atoms with Crippen molar-refractivity contribution in [2.45, 2.75) is 26.2 Å². The summed E-state index contributed by atoms with van der Waals surface area (Å²) in [5.74, 6) is -0.750. The quantitative estimate of drug-likeness (QED) is 0.822. The number of carbonyl (C=O) groups is 1. The molecule has 0 unspecified atom stereocenters. The summed E-state index contributed by atoms with van der Waals surface area (Å²) < 4.78 is 1.32. The molecule has 0 saturated heterocycles. The Bertz CT molecular complexity index is 624. The van der Waals surface area contributed by atoms with Gasteiger partial charge in [0, 0.05) is 17.8 Å². The second kappa shape index (κ2) is 4.04. The number of hydrogen-bond acceptors (Lipinski definition) is 3. The van der Waals surface area contributed by atoms with Crippen molar-refractivity contribution in [1.82, 2.24) is 14.6 Å². The van der Waals surface area contributed by atoms with Crippen molar-refractivity contribution in [3.8, 4) is 0 Å². The first-order valence-corrected chi connectivity index (χ1v) is 5.31. The van der Waals surface area contributed by atoms with E-state index in [2.05, 4.69) is 10.1 Å². The molecule has 6 nitrogen and oxygen atoms in total. The minimum atomic E-state index is -0.999. The molecular formula is C11H13N3O3. The zero-order valence-corrected chi connectivity index (χ0v) is 9.60. The standard InChI is InChI=1S/C11H13N3O3/c1-6(2)8-5-9-12-7(4-11(16)17)3-10(15)14(9)13-8/h3,5-6,13H,4H2,1-2H3,(H,16,17). The van der Waals surface area contributed by atoms with Crippen molar-refractivity contribution >= 4 is 11.6 Å². The number of carboxylic acid groups (broad SMARTS) is 1. The summed E-state index contributed by atoms with van der Waals surface area (Å²) in [5, 5.41) is 11.6. The molecule has 0 fully saturated rings. The summed E-state index contributed by atoms with van der Waals surface area (Å²) in [4.78, 5) is 26.4. The molecule has 0 bridgehead atoms. The van der Waals surface area contributed by atoms with Crippen LogP contribution in [0.15, 0.2) is 16.9 Å². The summed E-state index contributed by atoms with van der Waals surface area (Å²) >= 11 is 0. The largest absolute Gasteiger partial charge is 0.481 e. The lowest BCUT2D eigenvalue weighted by Crippen LogP contribution is -2.17. The maximum Gasteiger partial charge on any atom is 0.309 e. The Labute approximate surface area is 96.9 Å². The number of H-pyrrole nitrogens is 1. The van der Waals surface area contributed by atoms with Gasteiger partial charge in [0.1, 0.15) is 0 Å². The number of nitrogens with zero attached hydrogens (tertiary/aromatic N) is 2. The van der Waals surface area contributed by atoms with Crippen LogP contribution in [-0.2, 0) is 11.2 Å². The number of aliphatic carboxylic acids is 1. The van der Waals surface area contributed by atoms with E-state index >= 15 is 0 Å². The van der Waals surface area contributed by atoms with E-state index in [1.54, 1.807) is 6.07 Å². The van der Waals surface area contributed by atoms with E-state index in [0.717, 1.165) is 5.69 Å². The highest BCUT2D eigenvalue weighted by Gasteiger charge is 2.10. The number of aromatic nitrogens is 3. The van der Waals surface area contributed by atoms with Gasteiger partial charge in [0.25, 0.3) is 5.56 Å². The van der Waals surface area contributed by atoms with Gasteiger partial charge in [-0.25, -0.2) is 9.50 Å². The zero-order valence-electron chi connectivity index (χ0n) is 9.60. The first kappa shape index (κ1) is 11.4. The van der Waals surface area contributed by atoms with Gasteiger partial charge < -0.3 is 5.11 Å². The van der Waals surface area contributed by atoms with Crippen LogP contribution >= 0.6 is 0 Å². The van der Waals surface area contributed by atoms with E-state index in [-0.39, 0.29) is 23.6 Å². The third-order valence-corrected chi connectivity index (χ3v) is 2.48. The molecule has 0 aliphatic rings. The van der Waals surface area contributed by atoms with Gasteiger partial charge in [0.2, 0.25) is 0 Å². The SMILES string of the molecule is CC(C)c1cc2nc(CC(=O)O)cc(=O)n2[nH]1. The summed E-state index contributed by atoms with van der Waals surface area (Å²) in [6.45, 7) is 3.99. The van der Waals surface area contributed by atoms with Gasteiger partial charge in [-0.3, -0.25) is 14.7 Å². The highest BCUT2D eigenvalue weighted by molar-refractivity contribution is 5.69. The molecule has 0 spiro atoms. The molecule has 0 atom stereocenters. The van der Waals surface area contributed by atoms with E-state index in [4.69, 9.17) is 5.11 Å². The van der Waals surface area contributed by atoms with E-state index < -0.39 is 5.97 Å². The molecule has 17 heavy (non-hydrogen) atoms. The van der Waals surface area contributed by atoms with Crippen molar-refractivity contribution in [2.24, 2.45) is 0 Å². The summed E-state index contributed by atoms with van der Waals surface area (Å²) in [5.41, 5.74) is 1.33. The Morgan fingerprint density at radius 3 is 2.82 bits per heavy atom. The van der Waals surface area contributed by atoms with E-state index in [1.807, 2.05) is 13.8 Å². The predicted octanol–water partition coefficient (Wildman–Crippen LogP) is 0.773. The minimum absolute atomic E-state index is 0.242. The fraction of sp³-hybridized carbons (Fsp3) is 0.364. The molecule has 2 aromatic heterocycles. The molecule has 0 amide bonds. The maximum atomic E-state index is 11.7. The fourth-order valence-corrected chi connectivity index (χ4v) is 1.60. The van der Waals surface area contributed by atoms with Crippen LogP contribution in [0.2, 0.25) is 0 Å². The van der Waals surface area contributed by atoms with E-state index in [9.17, 15) is 9.59 Å². The van der Waals surface area contributed by atoms with Crippen LogP contribution in [0.5, 0.6) is 0 Å². The van der Waals surface area contributed by atoms with E-state index in [1.165, 1.54) is 10.6 Å². The van der Waals surface area contributed by atoms with Gasteiger partial charge in [0.15, 0.2) is 5.65 Å². The number of aromatic amines is 1. The second-order valence-electron chi connectivity index (χ2n) is 4.22. The third-order valence-electron chi connectivity index (χ3n) is 2.48. The van der Waals surface area contributed by atoms with E-state index in [0.29, 0.717) is 5.65 Å². The van der Waals surface area contributed by atoms with Crippen LogP contribution in [-0.4, -0.2) is 25.7 Å². The van der Waals surface area contributed by atoms with Crippen LogP contribution in [0, 0.1) is 0 Å². The highest BCUT2D eigenvalue weighted by atomic mass is 16.4. The number of nitrogens with one attached hydrogen (secondary N) is 1. The molecule has 2 heterocycles. The van der Waals surface area contributed by atoms with Gasteiger partial charge in [0.05, 0.1) is 12.1 Å². The first-order valence-electron chi connectivity index (χ1n) is 5.31. The van der Waals surface area contributed by atoms with Gasteiger partial charge in [-0.2, -0.15) is 0 Å². The number of hydrogen-bond donors (Lipinski definition) is 2. The predicted molar refractivity (Wildman–Crippen MR) is 61.2 cm³/mol. The Hall–Kier alpha value is -2.11. The molecule has 2 rings (SSSR count). The zero-order chi connectivity index (χ0) is 12.6. The number of carboxylic acids is 1. The summed E-state index contributed by atoms with van der Waals surface area (Å²) in [6, 6.07) is 3.00. The van der Waals surface area contributed by atoms with Crippen molar-refractivity contribution in [1.29, 1.82) is 0 Å². The lowest BCUT2D eigenvalue weighted by atomic mass is 10.1. The molecule has 0 radical (unpaired) electrons. The van der Waals surface area contributed by atoms with Crippen LogP contribution in [0.3, 0.4) is 0 Å². The van der Waals surface area contributed by atoms with Gasteiger partial charge >= 0.3 is 5.97 Å². The maximum absolute atomic E-state index is 11.7. The topological polar surface area (TPSA) is 87.5 Å². The minimum Gasteiger partial charge on any atom is -0.481 e. The Morgan fingerprint density at radius 1 is 1.53 bits per heavy atom. The van der Waals surface area contributed by atoms with Crippen LogP contribution < -0.4 is 5.56 Å². The normalized spacial score (nSPS) is 11.2. The molecular weight excluding hydrogens is 222 g/mol. The Balaban J connectivity index is 2.57. The van der Waals surface area contributed by atoms with Crippen molar-refractivity contribution in [3.05, 3.63) is 33.9 Å². The number of rotatable bonds is 3. The van der Waals surface area contributed by atoms with Crippen LogP contribution in [0.1, 0.15) is 31.2 Å². The van der Waals surface area contributed by atoms with Crippen molar-refractivity contribution in [2.75, 3.05) is 0 Å². The second-order valence-corrected chi connectivity index (χ2v) is 4.22. The lowest BCUT2D eigenvalue weighted by Gasteiger charge is -1.98. The molecule has 2 N–H and O–H groups in total. The summed E-state index contributed by atoms with van der Waals surface area (Å²) in [7, 11) is 0. The monoisotopic (exact) mass is 235 g/mol. The van der Waals surface area contributed by atoms with Crippen molar-refractivity contribution < 1.29 is 9.90 Å². The molecule has 0 saturated carbocycles. The first-order chi connectivity index (χ1) is 7.97. The molecule has 2 aromatic rings. The third kappa shape index (κ3) is 2.20. The Morgan fingerprint density at radius 2 is 2.24 bits per heavy atom. The van der Waals surface area contributed by atoms with Crippen molar-refractivity contribution in [3.63, 3.8) is 0 Å². The summed E-state index contributed by atoms with van der Waals surface area (Å²) in [6.07, 6.45) is -0.242. The van der Waals surface area contributed by atoms with Crippen LogP contribution in [0.25, 0.3) is 5.65 Å². The molecule has 6 heteroatoms. The van der Waals surface area contributed by atoms with Gasteiger partial charge in [-0.05, 0) is 5.92 Å². The smallest absolute Gasteiger partial charge is 0.309 e. The number of fused-ring (bicyclic) bond motifs is 1.